The smallest absolute Gasteiger partial charge is 0.265 e. The fraction of sp³-hybridized carbons (Fsp3) is 0.417. The van der Waals surface area contributed by atoms with E-state index in [2.05, 4.69) is 20.5 Å². The number of aryl methyl sites for hydroxylation is 2. The molecule has 0 saturated carbocycles. The molecule has 33 heavy (non-hydrogen) atoms. The lowest BCUT2D eigenvalue weighted by atomic mass is 10.1. The summed E-state index contributed by atoms with van der Waals surface area (Å²) in [6, 6.07) is 6.99. The van der Waals surface area contributed by atoms with Crippen molar-refractivity contribution in [3.63, 3.8) is 0 Å². The molecular formula is C24H29N5O4. The van der Waals surface area contributed by atoms with Gasteiger partial charge in [-0.2, -0.15) is 0 Å². The van der Waals surface area contributed by atoms with Crippen LogP contribution in [0.15, 0.2) is 39.8 Å². The molecule has 9 heteroatoms. The van der Waals surface area contributed by atoms with Crippen LogP contribution >= 0.6 is 0 Å². The molecule has 1 aliphatic heterocycles. The van der Waals surface area contributed by atoms with Crippen molar-refractivity contribution in [2.24, 2.45) is 7.05 Å². The number of fused-ring (bicyclic) bond motifs is 1. The summed E-state index contributed by atoms with van der Waals surface area (Å²) < 4.78 is 6.81. The van der Waals surface area contributed by atoms with Crippen molar-refractivity contribution in [2.75, 3.05) is 23.3 Å². The molecular weight excluding hydrogens is 422 g/mol. The van der Waals surface area contributed by atoms with Gasteiger partial charge < -0.3 is 24.5 Å². The summed E-state index contributed by atoms with van der Waals surface area (Å²) >= 11 is 0. The maximum atomic E-state index is 13.1. The van der Waals surface area contributed by atoms with Crippen LogP contribution in [0.1, 0.15) is 48.7 Å². The van der Waals surface area contributed by atoms with Gasteiger partial charge in [0.1, 0.15) is 23.5 Å². The number of carbonyl (C=O) groups is 2. The van der Waals surface area contributed by atoms with Crippen LogP contribution in [0.4, 0.5) is 11.4 Å². The molecule has 1 unspecified atom stereocenters. The van der Waals surface area contributed by atoms with E-state index in [1.54, 1.807) is 14.0 Å². The Hall–Kier alpha value is -3.62. The molecule has 0 spiro atoms. The largest absolute Gasteiger partial charge is 0.442 e. The van der Waals surface area contributed by atoms with Crippen LogP contribution < -0.4 is 21.1 Å². The minimum atomic E-state index is -0.761. The molecule has 174 valence electrons. The number of carbonyl (C=O) groups excluding carboxylic acids is 2. The molecule has 1 fully saturated rings. The Bertz CT molecular complexity index is 1240. The van der Waals surface area contributed by atoms with E-state index in [9.17, 15) is 14.4 Å². The molecule has 0 radical (unpaired) electrons. The maximum Gasteiger partial charge on any atom is 0.265 e. The van der Waals surface area contributed by atoms with Crippen molar-refractivity contribution < 1.29 is 14.0 Å². The van der Waals surface area contributed by atoms with E-state index >= 15 is 0 Å². The van der Waals surface area contributed by atoms with Crippen LogP contribution in [0, 0.1) is 6.92 Å². The lowest BCUT2D eigenvalue weighted by Gasteiger charge is -2.20. The number of furan rings is 1. The van der Waals surface area contributed by atoms with E-state index in [0.29, 0.717) is 18.5 Å². The first-order chi connectivity index (χ1) is 15.9. The monoisotopic (exact) mass is 451 g/mol. The summed E-state index contributed by atoms with van der Waals surface area (Å²) in [7, 11) is 1.56. The Labute approximate surface area is 191 Å². The lowest BCUT2D eigenvalue weighted by Crippen LogP contribution is -2.44. The summed E-state index contributed by atoms with van der Waals surface area (Å²) in [5.41, 5.74) is 1.60. The van der Waals surface area contributed by atoms with Gasteiger partial charge in [-0.05, 0) is 44.4 Å². The van der Waals surface area contributed by atoms with Crippen LogP contribution in [0.3, 0.4) is 0 Å². The number of aromatic nitrogens is 2. The first-order valence-electron chi connectivity index (χ1n) is 11.3. The molecule has 2 amide bonds. The van der Waals surface area contributed by atoms with E-state index in [1.807, 2.05) is 31.2 Å². The highest BCUT2D eigenvalue weighted by Crippen LogP contribution is 2.24. The molecule has 2 aromatic heterocycles. The van der Waals surface area contributed by atoms with E-state index in [-0.39, 0.29) is 33.9 Å². The molecule has 4 rings (SSSR count). The summed E-state index contributed by atoms with van der Waals surface area (Å²) in [6.07, 6.45) is 4.83. The summed E-state index contributed by atoms with van der Waals surface area (Å²) in [5.74, 6) is -0.553. The zero-order valence-corrected chi connectivity index (χ0v) is 19.2. The Morgan fingerprint density at radius 2 is 2.00 bits per heavy atom. The maximum absolute atomic E-state index is 13.1. The average molecular weight is 452 g/mol. The number of nitrogens with one attached hydrogen (secondary N) is 2. The van der Waals surface area contributed by atoms with Gasteiger partial charge in [0, 0.05) is 31.5 Å². The van der Waals surface area contributed by atoms with Gasteiger partial charge in [-0.3, -0.25) is 14.4 Å². The fourth-order valence-corrected chi connectivity index (χ4v) is 4.23. The Balaban J connectivity index is 1.54. The second-order valence-electron chi connectivity index (χ2n) is 8.42. The zero-order valence-electron chi connectivity index (χ0n) is 19.2. The van der Waals surface area contributed by atoms with Crippen molar-refractivity contribution in [3.8, 4) is 0 Å². The van der Waals surface area contributed by atoms with Crippen LogP contribution in [-0.4, -0.2) is 40.5 Å². The molecule has 1 atom stereocenters. The van der Waals surface area contributed by atoms with Gasteiger partial charge in [0.25, 0.3) is 11.5 Å². The highest BCUT2D eigenvalue weighted by Gasteiger charge is 2.27. The van der Waals surface area contributed by atoms with E-state index in [4.69, 9.17) is 4.42 Å². The summed E-state index contributed by atoms with van der Waals surface area (Å²) in [5, 5.41) is 5.84. The average Bonchev–Trinajstić information content (AvgIpc) is 3.44. The summed E-state index contributed by atoms with van der Waals surface area (Å²) in [4.78, 5) is 45.2. The standard InChI is InChI=1S/C24H29N5O4/c1-4-8-18(21(30)26-16-9-7-10-17(13-16)29-11-5-6-12-29)27-22(31)19-15(2)33-23-20(19)24(32)28(3)14-25-23/h7,9-10,13-14,18H,4-6,8,11-12H2,1-3H3,(H,26,30)(H,27,31). The minimum absolute atomic E-state index is 0.107. The minimum Gasteiger partial charge on any atom is -0.442 e. The van der Waals surface area contributed by atoms with Crippen molar-refractivity contribution >= 4 is 34.3 Å². The van der Waals surface area contributed by atoms with Gasteiger partial charge >= 0.3 is 0 Å². The van der Waals surface area contributed by atoms with Gasteiger partial charge in [0.05, 0.1) is 5.56 Å². The van der Waals surface area contributed by atoms with Gasteiger partial charge in [0.2, 0.25) is 11.6 Å². The highest BCUT2D eigenvalue weighted by molar-refractivity contribution is 6.08. The van der Waals surface area contributed by atoms with Crippen LogP contribution in [0.5, 0.6) is 0 Å². The third-order valence-corrected chi connectivity index (χ3v) is 5.96. The molecule has 2 N–H and O–H groups in total. The van der Waals surface area contributed by atoms with Crippen LogP contribution in [-0.2, 0) is 11.8 Å². The van der Waals surface area contributed by atoms with Crippen molar-refractivity contribution in [1.82, 2.24) is 14.9 Å². The van der Waals surface area contributed by atoms with Crippen molar-refractivity contribution in [1.29, 1.82) is 0 Å². The number of amides is 2. The predicted molar refractivity (Wildman–Crippen MR) is 127 cm³/mol. The third kappa shape index (κ3) is 4.62. The van der Waals surface area contributed by atoms with Crippen LogP contribution in [0.2, 0.25) is 0 Å². The lowest BCUT2D eigenvalue weighted by molar-refractivity contribution is -0.118. The molecule has 1 aliphatic rings. The van der Waals surface area contributed by atoms with Gasteiger partial charge in [-0.25, -0.2) is 4.98 Å². The van der Waals surface area contributed by atoms with Crippen molar-refractivity contribution in [3.05, 3.63) is 52.3 Å². The zero-order chi connectivity index (χ0) is 23.5. The topological polar surface area (TPSA) is 109 Å². The van der Waals surface area contributed by atoms with E-state index in [1.165, 1.54) is 23.7 Å². The Morgan fingerprint density at radius 3 is 2.73 bits per heavy atom. The molecule has 3 heterocycles. The number of anilines is 2. The summed E-state index contributed by atoms with van der Waals surface area (Å²) in [6.45, 7) is 5.57. The Morgan fingerprint density at radius 1 is 1.24 bits per heavy atom. The SMILES string of the molecule is CCCC(NC(=O)c1c(C)oc2ncn(C)c(=O)c12)C(=O)Nc1cccc(N2CCCC2)c1. The number of rotatable bonds is 7. The Kier molecular flexibility index (Phi) is 6.48. The fourth-order valence-electron chi connectivity index (χ4n) is 4.23. The quantitative estimate of drug-likeness (QED) is 0.572. The number of nitrogens with zero attached hydrogens (tertiary/aromatic N) is 3. The number of benzene rings is 1. The molecule has 1 saturated heterocycles. The molecule has 3 aromatic rings. The predicted octanol–water partition coefficient (Wildman–Crippen LogP) is 2.97. The second-order valence-corrected chi connectivity index (χ2v) is 8.42. The van der Waals surface area contributed by atoms with E-state index < -0.39 is 11.9 Å². The number of hydrogen-bond donors (Lipinski definition) is 2. The molecule has 9 nitrogen and oxygen atoms in total. The normalized spacial score (nSPS) is 14.5. The van der Waals surface area contributed by atoms with Gasteiger partial charge in [0.15, 0.2) is 0 Å². The first-order valence-corrected chi connectivity index (χ1v) is 11.3. The molecule has 0 aliphatic carbocycles. The second kappa shape index (κ2) is 9.48. The van der Waals surface area contributed by atoms with Crippen molar-refractivity contribution in [2.45, 2.75) is 45.6 Å². The third-order valence-electron chi connectivity index (χ3n) is 5.96. The number of hydrogen-bond acceptors (Lipinski definition) is 6. The molecule has 0 bridgehead atoms. The van der Waals surface area contributed by atoms with Gasteiger partial charge in [-0.15, -0.1) is 0 Å². The molecule has 1 aromatic carbocycles. The highest BCUT2D eigenvalue weighted by atomic mass is 16.3. The van der Waals surface area contributed by atoms with E-state index in [0.717, 1.165) is 18.8 Å². The van der Waals surface area contributed by atoms with Gasteiger partial charge in [-0.1, -0.05) is 19.4 Å². The first kappa shape index (κ1) is 22.6. The van der Waals surface area contributed by atoms with Crippen LogP contribution in [0.25, 0.3) is 11.1 Å².